The molecule has 0 atom stereocenters. The van der Waals surface area contributed by atoms with Crippen LogP contribution in [-0.4, -0.2) is 15.7 Å². The summed E-state index contributed by atoms with van der Waals surface area (Å²) >= 11 is 7.38. The van der Waals surface area contributed by atoms with Gasteiger partial charge in [0.2, 0.25) is 0 Å². The molecule has 1 N–H and O–H groups in total. The van der Waals surface area contributed by atoms with E-state index in [-0.39, 0.29) is 5.91 Å². The minimum absolute atomic E-state index is 0.0735. The SMILES string of the molecule is Cc1nn(C)c2sc(C(=O)NCc3cccc(Cl)c3)cc12. The lowest BCUT2D eigenvalue weighted by atomic mass is 10.2. The van der Waals surface area contributed by atoms with Crippen LogP contribution in [0.4, 0.5) is 0 Å². The third-order valence-electron chi connectivity index (χ3n) is 3.26. The Labute approximate surface area is 131 Å². The topological polar surface area (TPSA) is 46.9 Å². The van der Waals surface area contributed by atoms with E-state index in [1.807, 2.05) is 49.0 Å². The van der Waals surface area contributed by atoms with E-state index < -0.39 is 0 Å². The Morgan fingerprint density at radius 1 is 1.43 bits per heavy atom. The second-order valence-corrected chi connectivity index (χ2v) is 6.32. The molecule has 0 spiro atoms. The summed E-state index contributed by atoms with van der Waals surface area (Å²) in [6.07, 6.45) is 0. The highest BCUT2D eigenvalue weighted by Gasteiger charge is 2.14. The maximum absolute atomic E-state index is 12.2. The number of halogens is 1. The van der Waals surface area contributed by atoms with Gasteiger partial charge in [-0.3, -0.25) is 9.48 Å². The molecule has 0 radical (unpaired) electrons. The number of aryl methyl sites for hydroxylation is 2. The lowest BCUT2D eigenvalue weighted by Crippen LogP contribution is -2.21. The zero-order valence-electron chi connectivity index (χ0n) is 11.7. The van der Waals surface area contributed by atoms with Crippen molar-refractivity contribution < 1.29 is 4.79 Å². The Bertz CT molecular complexity index is 787. The first-order chi connectivity index (χ1) is 10.0. The van der Waals surface area contributed by atoms with Gasteiger partial charge in [-0.05, 0) is 30.7 Å². The molecule has 0 aliphatic heterocycles. The number of aromatic nitrogens is 2. The number of nitrogens with zero attached hydrogens (tertiary/aromatic N) is 2. The van der Waals surface area contributed by atoms with Gasteiger partial charge in [0.15, 0.2) is 0 Å². The normalized spacial score (nSPS) is 11.0. The molecule has 1 amide bonds. The van der Waals surface area contributed by atoms with Gasteiger partial charge in [-0.1, -0.05) is 23.7 Å². The summed E-state index contributed by atoms with van der Waals surface area (Å²) in [6.45, 7) is 2.41. The highest BCUT2D eigenvalue weighted by atomic mass is 35.5. The van der Waals surface area contributed by atoms with Crippen molar-refractivity contribution in [3.63, 3.8) is 0 Å². The lowest BCUT2D eigenvalue weighted by molar-refractivity contribution is 0.0955. The number of rotatable bonds is 3. The van der Waals surface area contributed by atoms with Gasteiger partial charge in [-0.25, -0.2) is 0 Å². The van der Waals surface area contributed by atoms with Gasteiger partial charge in [0.05, 0.1) is 10.6 Å². The highest BCUT2D eigenvalue weighted by Crippen LogP contribution is 2.27. The fraction of sp³-hybridized carbons (Fsp3) is 0.200. The fourth-order valence-corrected chi connectivity index (χ4v) is 3.49. The van der Waals surface area contributed by atoms with Crippen LogP contribution < -0.4 is 5.32 Å². The first kappa shape index (κ1) is 14.1. The van der Waals surface area contributed by atoms with Gasteiger partial charge < -0.3 is 5.32 Å². The Kier molecular flexibility index (Phi) is 3.69. The van der Waals surface area contributed by atoms with Crippen LogP contribution >= 0.6 is 22.9 Å². The number of benzene rings is 1. The standard InChI is InChI=1S/C15H14ClN3OS/c1-9-12-7-13(21-15(12)19(2)18-9)14(20)17-8-10-4-3-5-11(16)6-10/h3-7H,8H2,1-2H3,(H,17,20). The summed E-state index contributed by atoms with van der Waals surface area (Å²) in [7, 11) is 1.89. The van der Waals surface area contributed by atoms with Gasteiger partial charge in [0.1, 0.15) is 4.83 Å². The molecule has 0 aliphatic carbocycles. The maximum Gasteiger partial charge on any atom is 0.261 e. The third kappa shape index (κ3) is 2.80. The van der Waals surface area contributed by atoms with Crippen molar-refractivity contribution >= 4 is 39.1 Å². The molecule has 3 aromatic rings. The molecule has 3 rings (SSSR count). The van der Waals surface area contributed by atoms with Crippen LogP contribution in [0.5, 0.6) is 0 Å². The van der Waals surface area contributed by atoms with Crippen molar-refractivity contribution in [1.82, 2.24) is 15.1 Å². The van der Waals surface area contributed by atoms with Gasteiger partial charge in [0, 0.05) is 24.0 Å². The lowest BCUT2D eigenvalue weighted by Gasteiger charge is -2.04. The van der Waals surface area contributed by atoms with Crippen molar-refractivity contribution in [3.8, 4) is 0 Å². The highest BCUT2D eigenvalue weighted by molar-refractivity contribution is 7.20. The monoisotopic (exact) mass is 319 g/mol. The number of thiophene rings is 1. The average Bonchev–Trinajstić information content (AvgIpc) is 2.99. The van der Waals surface area contributed by atoms with Crippen LogP contribution in [-0.2, 0) is 13.6 Å². The number of hydrogen-bond donors (Lipinski definition) is 1. The van der Waals surface area contributed by atoms with E-state index in [2.05, 4.69) is 10.4 Å². The van der Waals surface area contributed by atoms with E-state index in [0.717, 1.165) is 21.5 Å². The Hall–Kier alpha value is -1.85. The van der Waals surface area contributed by atoms with E-state index in [0.29, 0.717) is 16.4 Å². The number of fused-ring (bicyclic) bond motifs is 1. The van der Waals surface area contributed by atoms with Crippen LogP contribution in [0.3, 0.4) is 0 Å². The molecule has 0 saturated heterocycles. The van der Waals surface area contributed by atoms with Crippen molar-refractivity contribution in [2.75, 3.05) is 0 Å². The summed E-state index contributed by atoms with van der Waals surface area (Å²) in [6, 6.07) is 9.37. The van der Waals surface area contributed by atoms with Crippen molar-refractivity contribution in [2.45, 2.75) is 13.5 Å². The van der Waals surface area contributed by atoms with E-state index in [1.165, 1.54) is 11.3 Å². The first-order valence-corrected chi connectivity index (χ1v) is 7.70. The van der Waals surface area contributed by atoms with Crippen LogP contribution in [0.2, 0.25) is 5.02 Å². The molecule has 6 heteroatoms. The van der Waals surface area contributed by atoms with Gasteiger partial charge >= 0.3 is 0 Å². The molecule has 108 valence electrons. The van der Waals surface area contributed by atoms with Crippen molar-refractivity contribution in [3.05, 3.63) is 51.5 Å². The molecule has 2 heterocycles. The summed E-state index contributed by atoms with van der Waals surface area (Å²) in [5.74, 6) is -0.0735. The molecule has 0 fully saturated rings. The van der Waals surface area contributed by atoms with Crippen LogP contribution in [0.15, 0.2) is 30.3 Å². The minimum atomic E-state index is -0.0735. The molecule has 21 heavy (non-hydrogen) atoms. The molecular weight excluding hydrogens is 306 g/mol. The molecule has 0 bridgehead atoms. The zero-order valence-corrected chi connectivity index (χ0v) is 13.3. The zero-order chi connectivity index (χ0) is 15.0. The summed E-state index contributed by atoms with van der Waals surface area (Å²) in [5.41, 5.74) is 1.92. The smallest absolute Gasteiger partial charge is 0.261 e. The van der Waals surface area contributed by atoms with E-state index >= 15 is 0 Å². The van der Waals surface area contributed by atoms with E-state index in [9.17, 15) is 4.79 Å². The molecule has 0 unspecified atom stereocenters. The fourth-order valence-electron chi connectivity index (χ4n) is 2.23. The third-order valence-corrected chi connectivity index (χ3v) is 4.70. The number of nitrogens with one attached hydrogen (secondary N) is 1. The molecule has 1 aromatic carbocycles. The predicted molar refractivity (Wildman–Crippen MR) is 86.0 cm³/mol. The Morgan fingerprint density at radius 2 is 2.24 bits per heavy atom. The Balaban J connectivity index is 1.76. The van der Waals surface area contributed by atoms with Gasteiger partial charge in [0.25, 0.3) is 5.91 Å². The van der Waals surface area contributed by atoms with E-state index in [4.69, 9.17) is 11.6 Å². The molecule has 0 aliphatic rings. The van der Waals surface area contributed by atoms with E-state index in [1.54, 1.807) is 0 Å². The van der Waals surface area contributed by atoms with Crippen molar-refractivity contribution in [2.24, 2.45) is 7.05 Å². The minimum Gasteiger partial charge on any atom is -0.347 e. The van der Waals surface area contributed by atoms with Crippen molar-refractivity contribution in [1.29, 1.82) is 0 Å². The Morgan fingerprint density at radius 3 is 2.95 bits per heavy atom. The predicted octanol–water partition coefficient (Wildman–Crippen LogP) is 3.53. The second kappa shape index (κ2) is 5.50. The number of carbonyl (C=O) groups is 1. The summed E-state index contributed by atoms with van der Waals surface area (Å²) < 4.78 is 1.81. The summed E-state index contributed by atoms with van der Waals surface area (Å²) in [5, 5.41) is 8.96. The molecular formula is C15H14ClN3OS. The first-order valence-electron chi connectivity index (χ1n) is 6.50. The molecule has 0 saturated carbocycles. The number of amides is 1. The largest absolute Gasteiger partial charge is 0.347 e. The number of hydrogen-bond acceptors (Lipinski definition) is 3. The quantitative estimate of drug-likeness (QED) is 0.803. The number of carbonyl (C=O) groups excluding carboxylic acids is 1. The van der Waals surface area contributed by atoms with Crippen LogP contribution in [0.25, 0.3) is 10.2 Å². The molecule has 2 aromatic heterocycles. The van der Waals surface area contributed by atoms with Gasteiger partial charge in [-0.15, -0.1) is 11.3 Å². The average molecular weight is 320 g/mol. The van der Waals surface area contributed by atoms with Crippen LogP contribution in [0, 0.1) is 6.92 Å². The van der Waals surface area contributed by atoms with Gasteiger partial charge in [-0.2, -0.15) is 5.10 Å². The van der Waals surface area contributed by atoms with Crippen LogP contribution in [0.1, 0.15) is 20.9 Å². The molecule has 4 nitrogen and oxygen atoms in total. The second-order valence-electron chi connectivity index (χ2n) is 4.85. The summed E-state index contributed by atoms with van der Waals surface area (Å²) in [4.78, 5) is 13.9. The maximum atomic E-state index is 12.2.